The van der Waals surface area contributed by atoms with Gasteiger partial charge in [-0.2, -0.15) is 5.26 Å². The summed E-state index contributed by atoms with van der Waals surface area (Å²) in [5, 5.41) is 14.5. The molecule has 2 aromatic carbocycles. The zero-order chi connectivity index (χ0) is 24.7. The van der Waals surface area contributed by atoms with Crippen LogP contribution in [-0.4, -0.2) is 16.8 Å². The van der Waals surface area contributed by atoms with Gasteiger partial charge in [-0.25, -0.2) is 4.98 Å². The Morgan fingerprint density at radius 1 is 1.15 bits per heavy atom. The maximum Gasteiger partial charge on any atom is 0.266 e. The summed E-state index contributed by atoms with van der Waals surface area (Å²) in [4.78, 5) is 31.1. The summed E-state index contributed by atoms with van der Waals surface area (Å²) in [6.07, 6.45) is 4.68. The number of amides is 2. The highest BCUT2D eigenvalue weighted by atomic mass is 32.1. The molecule has 1 N–H and O–H groups in total. The molecule has 0 atom stereocenters. The number of nitrogens with one attached hydrogen (secondary N) is 1. The van der Waals surface area contributed by atoms with E-state index in [1.165, 1.54) is 34.8 Å². The van der Waals surface area contributed by atoms with Crippen LogP contribution in [0.3, 0.4) is 0 Å². The molecule has 0 saturated heterocycles. The molecule has 0 aliphatic rings. The summed E-state index contributed by atoms with van der Waals surface area (Å²) in [5.74, 6) is -0.676. The Labute approximate surface area is 204 Å². The number of unbranched alkanes of at least 4 members (excludes halogenated alkanes) is 1. The number of thiazole rings is 1. The van der Waals surface area contributed by atoms with Crippen LogP contribution in [-0.2, 0) is 16.0 Å². The zero-order valence-corrected chi connectivity index (χ0v) is 20.7. The minimum absolute atomic E-state index is 0.0625. The third kappa shape index (κ3) is 6.18. The average Bonchev–Trinajstić information content (AvgIpc) is 3.27. The summed E-state index contributed by atoms with van der Waals surface area (Å²) >= 11 is 1.28. The standard InChI is InChI=1S/C27H28N4O2S/c1-5-6-7-21-9-11-23(12-10-21)29-26(33)22(16-28)15-24-17-34-27(30-24)31(20(4)32)25-13-8-18(2)19(3)14-25/h8-15,17H,5-7H2,1-4H3,(H,29,33)/b22-15+. The highest BCUT2D eigenvalue weighted by molar-refractivity contribution is 7.14. The summed E-state index contributed by atoms with van der Waals surface area (Å²) in [6, 6.07) is 15.4. The fourth-order valence-corrected chi connectivity index (χ4v) is 4.21. The van der Waals surface area contributed by atoms with E-state index < -0.39 is 5.91 Å². The molecule has 0 fully saturated rings. The van der Waals surface area contributed by atoms with Crippen molar-refractivity contribution in [3.8, 4) is 6.07 Å². The highest BCUT2D eigenvalue weighted by Gasteiger charge is 2.19. The van der Waals surface area contributed by atoms with Crippen molar-refractivity contribution in [3.05, 3.63) is 75.8 Å². The van der Waals surface area contributed by atoms with Crippen LogP contribution in [0.2, 0.25) is 0 Å². The van der Waals surface area contributed by atoms with E-state index in [1.54, 1.807) is 5.38 Å². The SMILES string of the molecule is CCCCc1ccc(NC(=O)/C(C#N)=C/c2csc(N(C(C)=O)c3ccc(C)c(C)c3)n2)cc1. The van der Waals surface area contributed by atoms with E-state index in [9.17, 15) is 14.9 Å². The van der Waals surface area contributed by atoms with E-state index in [2.05, 4.69) is 17.2 Å². The number of rotatable bonds is 8. The predicted molar refractivity (Wildman–Crippen MR) is 138 cm³/mol. The first-order valence-electron chi connectivity index (χ1n) is 11.2. The molecule has 3 rings (SSSR count). The lowest BCUT2D eigenvalue weighted by Gasteiger charge is -2.19. The van der Waals surface area contributed by atoms with Crippen molar-refractivity contribution in [1.29, 1.82) is 5.26 Å². The van der Waals surface area contributed by atoms with Crippen LogP contribution in [0.4, 0.5) is 16.5 Å². The van der Waals surface area contributed by atoms with Gasteiger partial charge in [0.2, 0.25) is 5.91 Å². The van der Waals surface area contributed by atoms with E-state index in [0.717, 1.165) is 36.1 Å². The minimum atomic E-state index is -0.504. The molecule has 0 aliphatic heterocycles. The van der Waals surface area contributed by atoms with E-state index in [0.29, 0.717) is 16.5 Å². The molecule has 34 heavy (non-hydrogen) atoms. The normalized spacial score (nSPS) is 11.1. The number of benzene rings is 2. The van der Waals surface area contributed by atoms with Crippen LogP contribution in [0, 0.1) is 25.2 Å². The van der Waals surface area contributed by atoms with Gasteiger partial charge in [-0.15, -0.1) is 11.3 Å². The van der Waals surface area contributed by atoms with Crippen molar-refractivity contribution in [2.24, 2.45) is 0 Å². The predicted octanol–water partition coefficient (Wildman–Crippen LogP) is 6.33. The molecule has 0 spiro atoms. The lowest BCUT2D eigenvalue weighted by atomic mass is 10.1. The molecule has 3 aromatic rings. The summed E-state index contributed by atoms with van der Waals surface area (Å²) < 4.78 is 0. The molecule has 174 valence electrons. The van der Waals surface area contributed by atoms with Gasteiger partial charge in [-0.1, -0.05) is 31.5 Å². The van der Waals surface area contributed by atoms with Crippen molar-refractivity contribution >= 4 is 45.7 Å². The van der Waals surface area contributed by atoms with Crippen molar-refractivity contribution in [3.63, 3.8) is 0 Å². The van der Waals surface area contributed by atoms with Crippen molar-refractivity contribution in [2.45, 2.75) is 47.0 Å². The molecule has 0 aliphatic carbocycles. The van der Waals surface area contributed by atoms with Crippen molar-refractivity contribution < 1.29 is 9.59 Å². The Bertz CT molecular complexity index is 1250. The zero-order valence-electron chi connectivity index (χ0n) is 19.9. The number of hydrogen-bond donors (Lipinski definition) is 1. The van der Waals surface area contributed by atoms with Crippen LogP contribution in [0.1, 0.15) is 49.1 Å². The molecular formula is C27H28N4O2S. The Morgan fingerprint density at radius 3 is 2.50 bits per heavy atom. The second-order valence-electron chi connectivity index (χ2n) is 8.10. The quantitative estimate of drug-likeness (QED) is 0.306. The van der Waals surface area contributed by atoms with E-state index in [4.69, 9.17) is 0 Å². The van der Waals surface area contributed by atoms with Gasteiger partial charge in [0.1, 0.15) is 11.6 Å². The Morgan fingerprint density at radius 2 is 1.88 bits per heavy atom. The molecule has 0 unspecified atom stereocenters. The number of aryl methyl sites for hydroxylation is 3. The van der Waals surface area contributed by atoms with Crippen LogP contribution >= 0.6 is 11.3 Å². The van der Waals surface area contributed by atoms with E-state index >= 15 is 0 Å². The van der Waals surface area contributed by atoms with E-state index in [1.807, 2.05) is 62.4 Å². The molecule has 2 amide bonds. The van der Waals surface area contributed by atoms with Crippen LogP contribution < -0.4 is 10.2 Å². The first kappa shape index (κ1) is 24.9. The molecule has 0 saturated carbocycles. The lowest BCUT2D eigenvalue weighted by Crippen LogP contribution is -2.22. The summed E-state index contributed by atoms with van der Waals surface area (Å²) in [5.41, 5.74) is 5.15. The summed E-state index contributed by atoms with van der Waals surface area (Å²) in [6.45, 7) is 7.63. The van der Waals surface area contributed by atoms with Gasteiger partial charge in [-0.3, -0.25) is 14.5 Å². The van der Waals surface area contributed by atoms with Gasteiger partial charge >= 0.3 is 0 Å². The number of hydrogen-bond acceptors (Lipinski definition) is 5. The highest BCUT2D eigenvalue weighted by Crippen LogP contribution is 2.30. The Kier molecular flexibility index (Phi) is 8.34. The summed E-state index contributed by atoms with van der Waals surface area (Å²) in [7, 11) is 0. The monoisotopic (exact) mass is 472 g/mol. The molecule has 0 radical (unpaired) electrons. The number of carbonyl (C=O) groups is 2. The van der Waals surface area contributed by atoms with Gasteiger partial charge in [0.25, 0.3) is 5.91 Å². The second kappa shape index (κ2) is 11.4. The number of nitriles is 1. The number of carbonyl (C=O) groups excluding carboxylic acids is 2. The first-order chi connectivity index (χ1) is 16.3. The average molecular weight is 473 g/mol. The van der Waals surface area contributed by atoms with Gasteiger partial charge in [0.15, 0.2) is 5.13 Å². The number of anilines is 3. The van der Waals surface area contributed by atoms with Crippen LogP contribution in [0.5, 0.6) is 0 Å². The molecule has 1 aromatic heterocycles. The minimum Gasteiger partial charge on any atom is -0.321 e. The molecule has 0 bridgehead atoms. The third-order valence-electron chi connectivity index (χ3n) is 5.45. The van der Waals surface area contributed by atoms with Gasteiger partial charge in [0.05, 0.1) is 11.4 Å². The fourth-order valence-electron chi connectivity index (χ4n) is 3.37. The second-order valence-corrected chi connectivity index (χ2v) is 8.94. The van der Waals surface area contributed by atoms with Gasteiger partial charge in [-0.05, 0) is 73.7 Å². The maximum atomic E-state index is 12.7. The van der Waals surface area contributed by atoms with E-state index in [-0.39, 0.29) is 11.5 Å². The first-order valence-corrected chi connectivity index (χ1v) is 12.1. The van der Waals surface area contributed by atoms with Crippen LogP contribution in [0.15, 0.2) is 53.4 Å². The maximum absolute atomic E-state index is 12.7. The third-order valence-corrected chi connectivity index (χ3v) is 6.30. The van der Waals surface area contributed by atoms with Gasteiger partial charge < -0.3 is 5.32 Å². The Balaban J connectivity index is 1.78. The largest absolute Gasteiger partial charge is 0.321 e. The molecule has 1 heterocycles. The molecule has 7 heteroatoms. The molecule has 6 nitrogen and oxygen atoms in total. The van der Waals surface area contributed by atoms with Gasteiger partial charge in [0, 0.05) is 18.0 Å². The van der Waals surface area contributed by atoms with Crippen molar-refractivity contribution in [1.82, 2.24) is 4.98 Å². The number of aromatic nitrogens is 1. The fraction of sp³-hybridized carbons (Fsp3) is 0.259. The topological polar surface area (TPSA) is 86.1 Å². The van der Waals surface area contributed by atoms with Crippen LogP contribution in [0.25, 0.3) is 6.08 Å². The lowest BCUT2D eigenvalue weighted by molar-refractivity contribution is -0.116. The molecular weight excluding hydrogens is 444 g/mol. The number of nitrogens with zero attached hydrogens (tertiary/aromatic N) is 3. The van der Waals surface area contributed by atoms with Crippen molar-refractivity contribution in [2.75, 3.05) is 10.2 Å². The smallest absolute Gasteiger partial charge is 0.266 e. The Hall–Kier alpha value is -3.76.